The van der Waals surface area contributed by atoms with Gasteiger partial charge < -0.3 is 10.2 Å². The number of nitrogens with one attached hydrogen (secondary N) is 1. The highest BCUT2D eigenvalue weighted by Crippen LogP contribution is 2.11. The van der Waals surface area contributed by atoms with Gasteiger partial charge in [0.25, 0.3) is 5.91 Å². The van der Waals surface area contributed by atoms with E-state index in [4.69, 9.17) is 5.26 Å². The number of amides is 1. The first-order valence-electron chi connectivity index (χ1n) is 5.53. The SMILES string of the molecule is C=CCN/C=C(/C#N)C(=O)N1CCCCC1. The van der Waals surface area contributed by atoms with Crippen molar-refractivity contribution in [3.63, 3.8) is 0 Å². The normalized spacial score (nSPS) is 16.4. The first kappa shape index (κ1) is 12.3. The van der Waals surface area contributed by atoms with Gasteiger partial charge in [0, 0.05) is 25.8 Å². The monoisotopic (exact) mass is 219 g/mol. The summed E-state index contributed by atoms with van der Waals surface area (Å²) in [5.41, 5.74) is 0.170. The van der Waals surface area contributed by atoms with E-state index >= 15 is 0 Å². The van der Waals surface area contributed by atoms with Crippen molar-refractivity contribution < 1.29 is 4.79 Å². The molecule has 1 rings (SSSR count). The highest BCUT2D eigenvalue weighted by atomic mass is 16.2. The molecule has 4 heteroatoms. The molecule has 0 spiro atoms. The van der Waals surface area contributed by atoms with Crippen LogP contribution in [-0.4, -0.2) is 30.4 Å². The maximum Gasteiger partial charge on any atom is 0.265 e. The lowest BCUT2D eigenvalue weighted by Crippen LogP contribution is -2.36. The van der Waals surface area contributed by atoms with E-state index < -0.39 is 0 Å². The Morgan fingerprint density at radius 2 is 2.12 bits per heavy atom. The third kappa shape index (κ3) is 3.43. The van der Waals surface area contributed by atoms with Gasteiger partial charge >= 0.3 is 0 Å². The molecule has 1 heterocycles. The number of carbonyl (C=O) groups is 1. The number of piperidine rings is 1. The van der Waals surface area contributed by atoms with Gasteiger partial charge in [0.15, 0.2) is 0 Å². The Hall–Kier alpha value is -1.76. The molecule has 1 aliphatic rings. The molecule has 0 saturated carbocycles. The average molecular weight is 219 g/mol. The summed E-state index contributed by atoms with van der Waals surface area (Å²) in [5, 5.41) is 11.8. The molecule has 0 bridgehead atoms. The van der Waals surface area contributed by atoms with Crippen LogP contribution in [0.4, 0.5) is 0 Å². The fourth-order valence-electron chi connectivity index (χ4n) is 1.65. The van der Waals surface area contributed by atoms with Crippen molar-refractivity contribution in [3.05, 3.63) is 24.4 Å². The van der Waals surface area contributed by atoms with Crippen molar-refractivity contribution in [3.8, 4) is 6.07 Å². The van der Waals surface area contributed by atoms with Crippen molar-refractivity contribution in [2.75, 3.05) is 19.6 Å². The maximum atomic E-state index is 11.9. The summed E-state index contributed by atoms with van der Waals surface area (Å²) in [4.78, 5) is 13.6. The molecule has 0 aliphatic carbocycles. The van der Waals surface area contributed by atoms with Crippen LogP contribution in [0.25, 0.3) is 0 Å². The predicted octanol–water partition coefficient (Wildman–Crippen LogP) is 1.18. The molecule has 1 fully saturated rings. The van der Waals surface area contributed by atoms with Crippen molar-refractivity contribution >= 4 is 5.91 Å². The minimum Gasteiger partial charge on any atom is -0.386 e. The highest BCUT2D eigenvalue weighted by molar-refractivity contribution is 5.97. The zero-order valence-corrected chi connectivity index (χ0v) is 9.41. The minimum absolute atomic E-state index is 0.168. The molecule has 4 nitrogen and oxygen atoms in total. The van der Waals surface area contributed by atoms with Gasteiger partial charge in [0.2, 0.25) is 0 Å². The molecule has 16 heavy (non-hydrogen) atoms. The third-order valence-corrected chi connectivity index (χ3v) is 2.50. The number of hydrogen-bond acceptors (Lipinski definition) is 3. The number of nitrogens with zero attached hydrogens (tertiary/aromatic N) is 2. The topological polar surface area (TPSA) is 56.1 Å². The van der Waals surface area contributed by atoms with Crippen molar-refractivity contribution in [1.82, 2.24) is 10.2 Å². The molecule has 86 valence electrons. The fourth-order valence-corrected chi connectivity index (χ4v) is 1.65. The summed E-state index contributed by atoms with van der Waals surface area (Å²) >= 11 is 0. The molecule has 1 aliphatic heterocycles. The first-order chi connectivity index (χ1) is 7.79. The Morgan fingerprint density at radius 3 is 2.69 bits per heavy atom. The number of carbonyl (C=O) groups excluding carboxylic acids is 1. The second kappa shape index (κ2) is 6.67. The zero-order valence-electron chi connectivity index (χ0n) is 9.41. The van der Waals surface area contributed by atoms with Crippen molar-refractivity contribution in [2.24, 2.45) is 0 Å². The van der Waals surface area contributed by atoms with E-state index in [1.54, 1.807) is 11.0 Å². The Bertz CT molecular complexity index is 322. The molecule has 1 amide bonds. The molecular formula is C12H17N3O. The van der Waals surface area contributed by atoms with Gasteiger partial charge in [-0.1, -0.05) is 6.08 Å². The number of rotatable bonds is 4. The molecule has 0 atom stereocenters. The second-order valence-corrected chi connectivity index (χ2v) is 3.72. The van der Waals surface area contributed by atoms with Gasteiger partial charge in [-0.05, 0) is 19.3 Å². The Morgan fingerprint density at radius 1 is 1.44 bits per heavy atom. The van der Waals surface area contributed by atoms with Crippen LogP contribution in [0, 0.1) is 11.3 Å². The van der Waals surface area contributed by atoms with Gasteiger partial charge in [-0.15, -0.1) is 6.58 Å². The predicted molar refractivity (Wildman–Crippen MR) is 62.3 cm³/mol. The Kier molecular flexibility index (Phi) is 5.13. The summed E-state index contributed by atoms with van der Waals surface area (Å²) in [5.74, 6) is -0.168. The number of hydrogen-bond donors (Lipinski definition) is 1. The number of likely N-dealkylation sites (tertiary alicyclic amines) is 1. The van der Waals surface area contributed by atoms with E-state index in [1.807, 2.05) is 6.07 Å². The van der Waals surface area contributed by atoms with E-state index in [2.05, 4.69) is 11.9 Å². The molecule has 0 unspecified atom stereocenters. The molecular weight excluding hydrogens is 202 g/mol. The lowest BCUT2D eigenvalue weighted by Gasteiger charge is -2.26. The summed E-state index contributed by atoms with van der Waals surface area (Å²) in [7, 11) is 0. The Balaban J connectivity index is 2.57. The van der Waals surface area contributed by atoms with Gasteiger partial charge in [-0.2, -0.15) is 5.26 Å². The zero-order chi connectivity index (χ0) is 11.8. The summed E-state index contributed by atoms with van der Waals surface area (Å²) in [6.07, 6.45) is 6.38. The standard InChI is InChI=1S/C12H17N3O/c1-2-6-14-10-11(9-13)12(16)15-7-4-3-5-8-15/h2,10,14H,1,3-8H2/b11-10-. The van der Waals surface area contributed by atoms with Crippen LogP contribution in [0.2, 0.25) is 0 Å². The van der Waals surface area contributed by atoms with Crippen LogP contribution in [0.15, 0.2) is 24.4 Å². The maximum absolute atomic E-state index is 11.9. The van der Waals surface area contributed by atoms with Crippen molar-refractivity contribution in [1.29, 1.82) is 5.26 Å². The Labute approximate surface area is 96.2 Å². The molecule has 0 aromatic carbocycles. The van der Waals surface area contributed by atoms with E-state index in [0.717, 1.165) is 25.9 Å². The van der Waals surface area contributed by atoms with Gasteiger partial charge in [-0.25, -0.2) is 0 Å². The molecule has 1 saturated heterocycles. The molecule has 0 aromatic heterocycles. The van der Waals surface area contributed by atoms with E-state index in [1.165, 1.54) is 12.6 Å². The lowest BCUT2D eigenvalue weighted by atomic mass is 10.1. The first-order valence-corrected chi connectivity index (χ1v) is 5.53. The minimum atomic E-state index is -0.168. The largest absolute Gasteiger partial charge is 0.386 e. The highest BCUT2D eigenvalue weighted by Gasteiger charge is 2.19. The number of nitriles is 1. The molecule has 0 aromatic rings. The van der Waals surface area contributed by atoms with Crippen LogP contribution < -0.4 is 5.32 Å². The summed E-state index contributed by atoms with van der Waals surface area (Å²) < 4.78 is 0. The molecule has 0 radical (unpaired) electrons. The van der Waals surface area contributed by atoms with Gasteiger partial charge in [-0.3, -0.25) is 4.79 Å². The second-order valence-electron chi connectivity index (χ2n) is 3.72. The van der Waals surface area contributed by atoms with Crippen LogP contribution >= 0.6 is 0 Å². The van der Waals surface area contributed by atoms with E-state index in [0.29, 0.717) is 6.54 Å². The fraction of sp³-hybridized carbons (Fsp3) is 0.500. The van der Waals surface area contributed by atoms with Gasteiger partial charge in [0.05, 0.1) is 0 Å². The van der Waals surface area contributed by atoms with Gasteiger partial charge in [0.1, 0.15) is 11.6 Å². The van der Waals surface area contributed by atoms with Crippen LogP contribution in [0.1, 0.15) is 19.3 Å². The quantitative estimate of drug-likeness (QED) is 0.334. The lowest BCUT2D eigenvalue weighted by molar-refractivity contribution is -0.127. The van der Waals surface area contributed by atoms with Crippen LogP contribution in [-0.2, 0) is 4.79 Å². The van der Waals surface area contributed by atoms with Crippen LogP contribution in [0.3, 0.4) is 0 Å². The summed E-state index contributed by atoms with van der Waals surface area (Å²) in [6.45, 7) is 5.63. The van der Waals surface area contributed by atoms with E-state index in [9.17, 15) is 4.79 Å². The molecule has 1 N–H and O–H groups in total. The van der Waals surface area contributed by atoms with Crippen molar-refractivity contribution in [2.45, 2.75) is 19.3 Å². The smallest absolute Gasteiger partial charge is 0.265 e. The van der Waals surface area contributed by atoms with Crippen LogP contribution in [0.5, 0.6) is 0 Å². The summed E-state index contributed by atoms with van der Waals surface area (Å²) in [6, 6.07) is 1.93. The van der Waals surface area contributed by atoms with E-state index in [-0.39, 0.29) is 11.5 Å². The average Bonchev–Trinajstić information content (AvgIpc) is 2.35. The third-order valence-electron chi connectivity index (χ3n) is 2.50.